The number of hydrogen-bond acceptors (Lipinski definition) is 2. The molecule has 1 aromatic rings. The van der Waals surface area contributed by atoms with Crippen LogP contribution in [0.4, 0.5) is 0 Å². The molecule has 1 saturated carbocycles. The molecule has 0 radical (unpaired) electrons. The molecule has 1 fully saturated rings. The number of hydrogen-bond donors (Lipinski definition) is 2. The van der Waals surface area contributed by atoms with Gasteiger partial charge < -0.3 is 11.1 Å². The highest BCUT2D eigenvalue weighted by Crippen LogP contribution is 2.29. The Kier molecular flexibility index (Phi) is 6.24. The molecule has 3 nitrogen and oxygen atoms in total. The van der Waals surface area contributed by atoms with Gasteiger partial charge in [0.1, 0.15) is 5.54 Å². The first kappa shape index (κ1) is 18.0. The molecular formula is C17H27ClN2O. The van der Waals surface area contributed by atoms with Crippen LogP contribution < -0.4 is 11.1 Å². The summed E-state index contributed by atoms with van der Waals surface area (Å²) in [6.45, 7) is 6.30. The number of rotatable bonds is 3. The molecule has 3 unspecified atom stereocenters. The molecule has 1 amide bonds. The molecule has 0 bridgehead atoms. The van der Waals surface area contributed by atoms with Crippen LogP contribution in [0.15, 0.2) is 30.3 Å². The molecule has 4 heteroatoms. The van der Waals surface area contributed by atoms with Crippen molar-refractivity contribution in [3.05, 3.63) is 35.9 Å². The van der Waals surface area contributed by atoms with Crippen LogP contribution in [0.5, 0.6) is 0 Å². The molecule has 2 rings (SSSR count). The Bertz CT molecular complexity index is 451. The average Bonchev–Trinajstić information content (AvgIpc) is 2.38. The fraction of sp³-hybridized carbons (Fsp3) is 0.588. The van der Waals surface area contributed by atoms with E-state index in [1.807, 2.05) is 30.3 Å². The molecule has 3 N–H and O–H groups in total. The van der Waals surface area contributed by atoms with Crippen molar-refractivity contribution in [1.29, 1.82) is 0 Å². The summed E-state index contributed by atoms with van der Waals surface area (Å²) < 4.78 is 0. The second-order valence-electron chi connectivity index (χ2n) is 6.66. The molecule has 0 spiro atoms. The van der Waals surface area contributed by atoms with Gasteiger partial charge in [0.25, 0.3) is 0 Å². The van der Waals surface area contributed by atoms with E-state index in [-0.39, 0.29) is 24.4 Å². The van der Waals surface area contributed by atoms with Gasteiger partial charge in [-0.1, -0.05) is 44.2 Å². The summed E-state index contributed by atoms with van der Waals surface area (Å²) >= 11 is 0. The summed E-state index contributed by atoms with van der Waals surface area (Å²) in [7, 11) is 0. The van der Waals surface area contributed by atoms with Gasteiger partial charge in [0.05, 0.1) is 0 Å². The molecule has 118 valence electrons. The highest BCUT2D eigenvalue weighted by atomic mass is 35.5. The van der Waals surface area contributed by atoms with Gasteiger partial charge in [0.15, 0.2) is 0 Å². The van der Waals surface area contributed by atoms with Crippen LogP contribution in [0.3, 0.4) is 0 Å². The number of carbonyl (C=O) groups excluding carboxylic acids is 1. The number of nitrogens with two attached hydrogens (primary N) is 1. The fourth-order valence-electron chi connectivity index (χ4n) is 3.32. The summed E-state index contributed by atoms with van der Waals surface area (Å²) in [4.78, 5) is 12.5. The van der Waals surface area contributed by atoms with Crippen LogP contribution in [0.25, 0.3) is 0 Å². The summed E-state index contributed by atoms with van der Waals surface area (Å²) in [6.07, 6.45) is 3.37. The number of benzene rings is 1. The van der Waals surface area contributed by atoms with Gasteiger partial charge in [0.2, 0.25) is 5.91 Å². The minimum absolute atomic E-state index is 0. The first-order chi connectivity index (χ1) is 9.39. The van der Waals surface area contributed by atoms with Crippen molar-refractivity contribution >= 4 is 18.3 Å². The molecule has 0 saturated heterocycles. The van der Waals surface area contributed by atoms with E-state index >= 15 is 0 Å². The second-order valence-corrected chi connectivity index (χ2v) is 6.66. The van der Waals surface area contributed by atoms with Crippen molar-refractivity contribution in [1.82, 2.24) is 5.32 Å². The van der Waals surface area contributed by atoms with Crippen LogP contribution >= 0.6 is 12.4 Å². The van der Waals surface area contributed by atoms with E-state index in [1.54, 1.807) is 6.92 Å². The molecule has 21 heavy (non-hydrogen) atoms. The molecule has 0 aromatic heterocycles. The van der Waals surface area contributed by atoms with E-state index in [0.717, 1.165) is 18.4 Å². The van der Waals surface area contributed by atoms with Gasteiger partial charge in [-0.05, 0) is 43.6 Å². The maximum Gasteiger partial charge on any atom is 0.244 e. The Morgan fingerprint density at radius 1 is 1.14 bits per heavy atom. The lowest BCUT2D eigenvalue weighted by atomic mass is 9.80. The third kappa shape index (κ3) is 4.45. The minimum atomic E-state index is -0.967. The summed E-state index contributed by atoms with van der Waals surface area (Å²) in [5, 5.41) is 3.15. The molecule has 1 aromatic carbocycles. The van der Waals surface area contributed by atoms with E-state index in [4.69, 9.17) is 5.73 Å². The van der Waals surface area contributed by atoms with E-state index in [2.05, 4.69) is 19.2 Å². The maximum atomic E-state index is 12.5. The lowest BCUT2D eigenvalue weighted by Crippen LogP contribution is -2.53. The fourth-order valence-corrected chi connectivity index (χ4v) is 3.32. The SMILES string of the molecule is CC1CC(C)CC(NC(=O)C(C)(N)c2ccccc2)C1.Cl. The van der Waals surface area contributed by atoms with Gasteiger partial charge in [-0.3, -0.25) is 4.79 Å². The Labute approximate surface area is 134 Å². The van der Waals surface area contributed by atoms with E-state index < -0.39 is 5.54 Å². The van der Waals surface area contributed by atoms with E-state index in [0.29, 0.717) is 11.8 Å². The molecule has 0 aliphatic heterocycles. The van der Waals surface area contributed by atoms with Crippen molar-refractivity contribution in [3.63, 3.8) is 0 Å². The van der Waals surface area contributed by atoms with Crippen LogP contribution in [0.1, 0.15) is 45.6 Å². The maximum absolute atomic E-state index is 12.5. The third-order valence-corrected chi connectivity index (χ3v) is 4.36. The lowest BCUT2D eigenvalue weighted by Gasteiger charge is -2.34. The summed E-state index contributed by atoms with van der Waals surface area (Å²) in [5.41, 5.74) is 6.14. The predicted octanol–water partition coefficient (Wildman–Crippen LogP) is 3.22. The molecule has 0 heterocycles. The zero-order chi connectivity index (χ0) is 14.8. The number of nitrogens with one attached hydrogen (secondary N) is 1. The Morgan fingerprint density at radius 2 is 1.67 bits per heavy atom. The van der Waals surface area contributed by atoms with E-state index in [9.17, 15) is 4.79 Å². The molecule has 1 aliphatic rings. The topological polar surface area (TPSA) is 55.1 Å². The number of carbonyl (C=O) groups is 1. The standard InChI is InChI=1S/C17H26N2O.ClH/c1-12-9-13(2)11-15(10-12)19-16(20)17(3,18)14-7-5-4-6-8-14;/h4-8,12-13,15H,9-11,18H2,1-3H3,(H,19,20);1H. The zero-order valence-corrected chi connectivity index (χ0v) is 14.0. The minimum Gasteiger partial charge on any atom is -0.351 e. The van der Waals surface area contributed by atoms with Gasteiger partial charge in [-0.25, -0.2) is 0 Å². The van der Waals surface area contributed by atoms with Crippen molar-refractivity contribution in [3.8, 4) is 0 Å². The van der Waals surface area contributed by atoms with Crippen LogP contribution in [0.2, 0.25) is 0 Å². The van der Waals surface area contributed by atoms with Crippen molar-refractivity contribution < 1.29 is 4.79 Å². The molecule has 1 aliphatic carbocycles. The Balaban J connectivity index is 0.00000220. The normalized spacial score (nSPS) is 28.1. The zero-order valence-electron chi connectivity index (χ0n) is 13.1. The Morgan fingerprint density at radius 3 is 2.19 bits per heavy atom. The van der Waals surface area contributed by atoms with Crippen molar-refractivity contribution in [2.75, 3.05) is 0 Å². The highest BCUT2D eigenvalue weighted by Gasteiger charge is 2.33. The predicted molar refractivity (Wildman–Crippen MR) is 89.3 cm³/mol. The number of amides is 1. The quantitative estimate of drug-likeness (QED) is 0.900. The van der Waals surface area contributed by atoms with Gasteiger partial charge in [-0.2, -0.15) is 0 Å². The van der Waals surface area contributed by atoms with Crippen LogP contribution in [0, 0.1) is 11.8 Å². The van der Waals surface area contributed by atoms with Crippen molar-refractivity contribution in [2.24, 2.45) is 17.6 Å². The first-order valence-electron chi connectivity index (χ1n) is 7.55. The second kappa shape index (κ2) is 7.28. The smallest absolute Gasteiger partial charge is 0.244 e. The first-order valence-corrected chi connectivity index (χ1v) is 7.55. The van der Waals surface area contributed by atoms with Gasteiger partial charge in [-0.15, -0.1) is 12.4 Å². The lowest BCUT2D eigenvalue weighted by molar-refractivity contribution is -0.127. The summed E-state index contributed by atoms with van der Waals surface area (Å²) in [6, 6.07) is 9.84. The van der Waals surface area contributed by atoms with Crippen LogP contribution in [-0.2, 0) is 10.3 Å². The summed E-state index contributed by atoms with van der Waals surface area (Å²) in [5.74, 6) is 1.27. The van der Waals surface area contributed by atoms with Crippen molar-refractivity contribution in [2.45, 2.75) is 51.6 Å². The Hall–Kier alpha value is -1.06. The number of halogens is 1. The van der Waals surface area contributed by atoms with E-state index in [1.165, 1.54) is 6.42 Å². The third-order valence-electron chi connectivity index (χ3n) is 4.36. The van der Waals surface area contributed by atoms with Gasteiger partial charge >= 0.3 is 0 Å². The van der Waals surface area contributed by atoms with Crippen LogP contribution in [-0.4, -0.2) is 11.9 Å². The van der Waals surface area contributed by atoms with Gasteiger partial charge in [0, 0.05) is 6.04 Å². The average molecular weight is 311 g/mol. The monoisotopic (exact) mass is 310 g/mol. The molecule has 3 atom stereocenters. The molecular weight excluding hydrogens is 284 g/mol. The highest BCUT2D eigenvalue weighted by molar-refractivity contribution is 5.87. The largest absolute Gasteiger partial charge is 0.351 e.